The van der Waals surface area contributed by atoms with Gasteiger partial charge in [0.2, 0.25) is 0 Å². The van der Waals surface area contributed by atoms with Gasteiger partial charge in [-0.25, -0.2) is 9.78 Å². The fourth-order valence-corrected chi connectivity index (χ4v) is 3.22. The molecule has 0 saturated carbocycles. The molecule has 1 fully saturated rings. The summed E-state index contributed by atoms with van der Waals surface area (Å²) in [4.78, 5) is 18.1. The van der Waals surface area contributed by atoms with Gasteiger partial charge >= 0.3 is 6.03 Å². The largest absolute Gasteiger partial charge is 0.336 e. The van der Waals surface area contributed by atoms with E-state index in [1.807, 2.05) is 4.90 Å². The molecule has 3 rings (SSSR count). The smallest absolute Gasteiger partial charge is 0.317 e. The molecule has 1 aromatic heterocycles. The molecule has 2 heterocycles. The molecule has 0 aliphatic carbocycles. The van der Waals surface area contributed by atoms with Crippen LogP contribution in [0.3, 0.4) is 0 Å². The van der Waals surface area contributed by atoms with E-state index >= 15 is 0 Å². The minimum atomic E-state index is 0.0115. The maximum Gasteiger partial charge on any atom is 0.317 e. The van der Waals surface area contributed by atoms with E-state index in [0.29, 0.717) is 19.0 Å². The standard InChI is InChI=1S/C17H23N5O/c1-13-3-4-16(14(2)9-13)15-5-7-21(10-15)17(23)19-6-8-22-12-18-11-20-22/h3-4,9,11-12,15H,5-8,10H2,1-2H3,(H,19,23). The molecule has 2 aromatic rings. The molecule has 0 bridgehead atoms. The van der Waals surface area contributed by atoms with Crippen molar-refractivity contribution in [3.05, 3.63) is 47.5 Å². The maximum atomic E-state index is 12.3. The average Bonchev–Trinajstić information content (AvgIpc) is 3.18. The van der Waals surface area contributed by atoms with Gasteiger partial charge in [-0.3, -0.25) is 4.68 Å². The normalized spacial score (nSPS) is 17.5. The molecule has 1 unspecified atom stereocenters. The number of urea groups is 1. The lowest BCUT2D eigenvalue weighted by molar-refractivity contribution is 0.207. The summed E-state index contributed by atoms with van der Waals surface area (Å²) in [6.45, 7) is 7.07. The van der Waals surface area contributed by atoms with Crippen LogP contribution in [-0.4, -0.2) is 45.3 Å². The van der Waals surface area contributed by atoms with Gasteiger partial charge in [0.1, 0.15) is 12.7 Å². The van der Waals surface area contributed by atoms with Gasteiger partial charge in [0.25, 0.3) is 0 Å². The lowest BCUT2D eigenvalue weighted by Crippen LogP contribution is -2.39. The van der Waals surface area contributed by atoms with Crippen LogP contribution >= 0.6 is 0 Å². The Bertz CT molecular complexity index is 668. The lowest BCUT2D eigenvalue weighted by Gasteiger charge is -2.18. The van der Waals surface area contributed by atoms with Gasteiger partial charge in [-0.15, -0.1) is 0 Å². The van der Waals surface area contributed by atoms with Crippen LogP contribution in [-0.2, 0) is 6.54 Å². The first-order valence-electron chi connectivity index (χ1n) is 8.06. The van der Waals surface area contributed by atoms with Gasteiger partial charge < -0.3 is 10.2 Å². The van der Waals surface area contributed by atoms with E-state index in [4.69, 9.17) is 0 Å². The van der Waals surface area contributed by atoms with Crippen molar-refractivity contribution in [2.45, 2.75) is 32.7 Å². The third kappa shape index (κ3) is 3.70. The number of rotatable bonds is 4. The SMILES string of the molecule is Cc1ccc(C2CCN(C(=O)NCCn3cncn3)C2)c(C)c1. The van der Waals surface area contributed by atoms with Gasteiger partial charge in [0.15, 0.2) is 0 Å². The van der Waals surface area contributed by atoms with Crippen LogP contribution < -0.4 is 5.32 Å². The molecule has 1 aliphatic rings. The highest BCUT2D eigenvalue weighted by molar-refractivity contribution is 5.74. The fraction of sp³-hybridized carbons (Fsp3) is 0.471. The Kier molecular flexibility index (Phi) is 4.60. The van der Waals surface area contributed by atoms with Gasteiger partial charge in [-0.2, -0.15) is 5.10 Å². The fourth-order valence-electron chi connectivity index (χ4n) is 3.22. The summed E-state index contributed by atoms with van der Waals surface area (Å²) in [6, 6.07) is 6.60. The van der Waals surface area contributed by atoms with Crippen molar-refractivity contribution in [3.63, 3.8) is 0 Å². The molecule has 1 N–H and O–H groups in total. The molecule has 1 aromatic carbocycles. The second-order valence-electron chi connectivity index (χ2n) is 6.18. The molecule has 1 saturated heterocycles. The molecule has 1 atom stereocenters. The Labute approximate surface area is 136 Å². The van der Waals surface area contributed by atoms with Crippen LogP contribution in [0.1, 0.15) is 29.0 Å². The zero-order valence-corrected chi connectivity index (χ0v) is 13.7. The van der Waals surface area contributed by atoms with E-state index < -0.39 is 0 Å². The van der Waals surface area contributed by atoms with Gasteiger partial charge in [-0.1, -0.05) is 23.8 Å². The number of benzene rings is 1. The number of amides is 2. The van der Waals surface area contributed by atoms with Gasteiger partial charge in [0.05, 0.1) is 6.54 Å². The first-order valence-corrected chi connectivity index (χ1v) is 8.06. The topological polar surface area (TPSA) is 63.1 Å². The molecule has 122 valence electrons. The predicted molar refractivity (Wildman–Crippen MR) is 88.3 cm³/mol. The molecule has 6 nitrogen and oxygen atoms in total. The molecule has 6 heteroatoms. The van der Waals surface area contributed by atoms with E-state index in [1.165, 1.54) is 23.0 Å². The minimum Gasteiger partial charge on any atom is -0.336 e. The zero-order valence-electron chi connectivity index (χ0n) is 13.7. The highest BCUT2D eigenvalue weighted by Crippen LogP contribution is 2.29. The number of likely N-dealkylation sites (tertiary alicyclic amines) is 1. The van der Waals surface area contributed by atoms with Gasteiger partial charge in [-0.05, 0) is 31.4 Å². The van der Waals surface area contributed by atoms with E-state index in [0.717, 1.165) is 19.5 Å². The third-order valence-electron chi connectivity index (χ3n) is 4.42. The number of carbonyl (C=O) groups is 1. The Morgan fingerprint density at radius 3 is 3.00 bits per heavy atom. The summed E-state index contributed by atoms with van der Waals surface area (Å²) >= 11 is 0. The van der Waals surface area contributed by atoms with Crippen molar-refractivity contribution in [3.8, 4) is 0 Å². The van der Waals surface area contributed by atoms with E-state index in [2.05, 4.69) is 47.4 Å². The number of aromatic nitrogens is 3. The molecule has 1 aliphatic heterocycles. The summed E-state index contributed by atoms with van der Waals surface area (Å²) in [5.74, 6) is 0.441. The van der Waals surface area contributed by atoms with Crippen LogP contribution in [0.4, 0.5) is 4.79 Å². The van der Waals surface area contributed by atoms with Crippen molar-refractivity contribution < 1.29 is 4.79 Å². The first-order chi connectivity index (χ1) is 11.1. The molecular formula is C17H23N5O. The van der Waals surface area contributed by atoms with Crippen molar-refractivity contribution >= 4 is 6.03 Å². The summed E-state index contributed by atoms with van der Waals surface area (Å²) in [7, 11) is 0. The monoisotopic (exact) mass is 313 g/mol. The zero-order chi connectivity index (χ0) is 16.2. The van der Waals surface area contributed by atoms with Crippen LogP contribution in [0.2, 0.25) is 0 Å². The highest BCUT2D eigenvalue weighted by Gasteiger charge is 2.27. The molecular weight excluding hydrogens is 290 g/mol. The Morgan fingerprint density at radius 2 is 2.26 bits per heavy atom. The third-order valence-corrected chi connectivity index (χ3v) is 4.42. The first kappa shape index (κ1) is 15.5. The van der Waals surface area contributed by atoms with Gasteiger partial charge in [0, 0.05) is 25.6 Å². The number of hydrogen-bond donors (Lipinski definition) is 1. The maximum absolute atomic E-state index is 12.3. The van der Waals surface area contributed by atoms with Crippen LogP contribution in [0, 0.1) is 13.8 Å². The van der Waals surface area contributed by atoms with Crippen molar-refractivity contribution in [2.24, 2.45) is 0 Å². The molecule has 0 radical (unpaired) electrons. The van der Waals surface area contributed by atoms with E-state index in [9.17, 15) is 4.79 Å². The summed E-state index contributed by atoms with van der Waals surface area (Å²) < 4.78 is 1.71. The van der Waals surface area contributed by atoms with Crippen LogP contribution in [0.15, 0.2) is 30.9 Å². The van der Waals surface area contributed by atoms with Crippen LogP contribution in [0.25, 0.3) is 0 Å². The Balaban J connectivity index is 1.51. The van der Waals surface area contributed by atoms with E-state index in [1.54, 1.807) is 11.0 Å². The molecule has 0 spiro atoms. The quantitative estimate of drug-likeness (QED) is 0.940. The molecule has 23 heavy (non-hydrogen) atoms. The summed E-state index contributed by atoms with van der Waals surface area (Å²) in [5, 5.41) is 6.98. The Morgan fingerprint density at radius 1 is 1.39 bits per heavy atom. The minimum absolute atomic E-state index is 0.0115. The number of hydrogen-bond acceptors (Lipinski definition) is 3. The van der Waals surface area contributed by atoms with E-state index in [-0.39, 0.29) is 6.03 Å². The highest BCUT2D eigenvalue weighted by atomic mass is 16.2. The predicted octanol–water partition coefficient (Wildman–Crippen LogP) is 2.09. The number of aryl methyl sites for hydroxylation is 2. The molecule has 2 amide bonds. The summed E-state index contributed by atoms with van der Waals surface area (Å²) in [5.41, 5.74) is 3.98. The Hall–Kier alpha value is -2.37. The second-order valence-corrected chi connectivity index (χ2v) is 6.18. The number of nitrogens with one attached hydrogen (secondary N) is 1. The summed E-state index contributed by atoms with van der Waals surface area (Å²) in [6.07, 6.45) is 4.18. The van der Waals surface area contributed by atoms with Crippen LogP contribution in [0.5, 0.6) is 0 Å². The number of nitrogens with zero attached hydrogens (tertiary/aromatic N) is 4. The van der Waals surface area contributed by atoms with Crippen molar-refractivity contribution in [2.75, 3.05) is 19.6 Å². The average molecular weight is 313 g/mol. The lowest BCUT2D eigenvalue weighted by atomic mass is 9.93. The second kappa shape index (κ2) is 6.81. The number of carbonyl (C=O) groups excluding carboxylic acids is 1. The van der Waals surface area contributed by atoms with Crippen molar-refractivity contribution in [1.29, 1.82) is 0 Å². The van der Waals surface area contributed by atoms with Crippen molar-refractivity contribution in [1.82, 2.24) is 25.0 Å².